The average molecular weight is 214 g/mol. The van der Waals surface area contributed by atoms with Gasteiger partial charge in [-0.25, -0.2) is 0 Å². The third-order valence-electron chi connectivity index (χ3n) is 2.57. The maximum Gasteiger partial charge on any atom is 0.100 e. The van der Waals surface area contributed by atoms with E-state index in [4.69, 9.17) is 10.5 Å². The largest absolute Gasteiger partial charge is 0.193 e. The van der Waals surface area contributed by atoms with Crippen LogP contribution >= 0.6 is 0 Å². The second-order valence-corrected chi connectivity index (χ2v) is 10.0. The van der Waals surface area contributed by atoms with E-state index in [1.54, 1.807) is 12.2 Å². The summed E-state index contributed by atoms with van der Waals surface area (Å²) in [5, 5.41) is 18.1. The summed E-state index contributed by atoms with van der Waals surface area (Å²) in [6.07, 6.45) is 3.57. The maximum absolute atomic E-state index is 9.11. The molecule has 1 unspecified atom stereocenters. The lowest BCUT2D eigenvalue weighted by Crippen LogP contribution is -2.29. The lowest BCUT2D eigenvalue weighted by atomic mass is 10.1. The van der Waals surface area contributed by atoms with Crippen LogP contribution in [0.5, 0.6) is 0 Å². The molecule has 2 nitrogen and oxygen atoms in total. The Bertz CT molecular complexity index is 436. The van der Waals surface area contributed by atoms with Gasteiger partial charge in [-0.15, -0.1) is 0 Å². The molecule has 1 rings (SSSR count). The zero-order valence-electron chi connectivity index (χ0n) is 9.33. The first kappa shape index (κ1) is 11.5. The summed E-state index contributed by atoms with van der Waals surface area (Å²) in [4.78, 5) is 0. The van der Waals surface area contributed by atoms with Crippen molar-refractivity contribution in [3.63, 3.8) is 0 Å². The molecule has 0 bridgehead atoms. The zero-order chi connectivity index (χ0) is 11.6. The predicted molar refractivity (Wildman–Crippen MR) is 63.6 cm³/mol. The SMILES string of the molecule is C=CC1=CC(C#N)=C(C#N)C1[Si](C)(C)C. The predicted octanol–water partition coefficient (Wildman–Crippen LogP) is 3.16. The monoisotopic (exact) mass is 214 g/mol. The van der Waals surface area contributed by atoms with E-state index < -0.39 is 8.07 Å². The van der Waals surface area contributed by atoms with Gasteiger partial charge < -0.3 is 0 Å². The second kappa shape index (κ2) is 3.88. The molecule has 15 heavy (non-hydrogen) atoms. The summed E-state index contributed by atoms with van der Waals surface area (Å²) < 4.78 is 0. The molecule has 3 heteroatoms. The first-order valence-corrected chi connectivity index (χ1v) is 8.41. The van der Waals surface area contributed by atoms with E-state index in [2.05, 4.69) is 38.4 Å². The van der Waals surface area contributed by atoms with E-state index in [-0.39, 0.29) is 5.54 Å². The van der Waals surface area contributed by atoms with Crippen LogP contribution in [0, 0.1) is 22.7 Å². The van der Waals surface area contributed by atoms with Crippen molar-refractivity contribution in [2.75, 3.05) is 0 Å². The van der Waals surface area contributed by atoms with E-state index in [0.717, 1.165) is 5.57 Å². The fourth-order valence-corrected chi connectivity index (χ4v) is 4.26. The first-order chi connectivity index (χ1) is 6.95. The molecular weight excluding hydrogens is 200 g/mol. The second-order valence-electron chi connectivity index (χ2n) is 4.70. The number of hydrogen-bond donors (Lipinski definition) is 0. The summed E-state index contributed by atoms with van der Waals surface area (Å²) in [5.74, 6) is 0. The van der Waals surface area contributed by atoms with Crippen LogP contribution in [0.1, 0.15) is 0 Å². The van der Waals surface area contributed by atoms with E-state index in [1.807, 2.05) is 0 Å². The third-order valence-corrected chi connectivity index (χ3v) is 4.92. The molecule has 0 fully saturated rings. The highest BCUT2D eigenvalue weighted by molar-refractivity contribution is 6.79. The minimum Gasteiger partial charge on any atom is -0.193 e. The topological polar surface area (TPSA) is 47.6 Å². The van der Waals surface area contributed by atoms with Gasteiger partial charge in [0, 0.05) is 5.54 Å². The van der Waals surface area contributed by atoms with E-state index in [1.165, 1.54) is 0 Å². The van der Waals surface area contributed by atoms with Crippen molar-refractivity contribution in [1.29, 1.82) is 10.5 Å². The zero-order valence-corrected chi connectivity index (χ0v) is 10.3. The molecule has 0 spiro atoms. The number of nitrogens with zero attached hydrogens (tertiary/aromatic N) is 2. The molecule has 0 aliphatic heterocycles. The van der Waals surface area contributed by atoms with Crippen LogP contribution in [0.15, 0.2) is 35.5 Å². The van der Waals surface area contributed by atoms with Gasteiger partial charge in [-0.05, 0) is 11.6 Å². The van der Waals surface area contributed by atoms with Gasteiger partial charge in [-0.2, -0.15) is 10.5 Å². The van der Waals surface area contributed by atoms with Gasteiger partial charge in [0.25, 0.3) is 0 Å². The lowest BCUT2D eigenvalue weighted by molar-refractivity contribution is 1.16. The van der Waals surface area contributed by atoms with Crippen LogP contribution in [0.4, 0.5) is 0 Å². The summed E-state index contributed by atoms with van der Waals surface area (Å²) in [6.45, 7) is 10.4. The standard InChI is InChI=1S/C12H14N2Si/c1-5-9-6-10(7-13)11(8-14)12(9)15(2,3)4/h5-6,12H,1H2,2-4H3. The van der Waals surface area contributed by atoms with Crippen molar-refractivity contribution in [3.8, 4) is 12.1 Å². The van der Waals surface area contributed by atoms with Gasteiger partial charge in [-0.3, -0.25) is 0 Å². The van der Waals surface area contributed by atoms with Crippen LogP contribution in [0.2, 0.25) is 25.2 Å². The molecule has 0 saturated heterocycles. The Morgan fingerprint density at radius 2 is 1.93 bits per heavy atom. The Morgan fingerprint density at radius 3 is 2.27 bits per heavy atom. The van der Waals surface area contributed by atoms with Gasteiger partial charge in [0.2, 0.25) is 0 Å². The first-order valence-electron chi connectivity index (χ1n) is 4.84. The lowest BCUT2D eigenvalue weighted by Gasteiger charge is -2.26. The molecule has 0 amide bonds. The van der Waals surface area contributed by atoms with Crippen molar-refractivity contribution >= 4 is 8.07 Å². The molecule has 1 atom stereocenters. The van der Waals surface area contributed by atoms with Gasteiger partial charge in [0.15, 0.2) is 0 Å². The van der Waals surface area contributed by atoms with Gasteiger partial charge in [0.1, 0.15) is 6.07 Å². The van der Waals surface area contributed by atoms with Crippen molar-refractivity contribution in [3.05, 3.63) is 35.5 Å². The number of allylic oxidation sites excluding steroid dienone is 5. The Labute approximate surface area is 91.8 Å². The fraction of sp³-hybridized carbons (Fsp3) is 0.333. The molecule has 0 aromatic rings. The summed E-state index contributed by atoms with van der Waals surface area (Å²) >= 11 is 0. The molecule has 1 aliphatic carbocycles. The minimum absolute atomic E-state index is 0.134. The van der Waals surface area contributed by atoms with Gasteiger partial charge >= 0.3 is 0 Å². The summed E-state index contributed by atoms with van der Waals surface area (Å²) in [6, 6.07) is 4.26. The third kappa shape index (κ3) is 1.93. The fourth-order valence-electron chi connectivity index (χ4n) is 1.98. The van der Waals surface area contributed by atoms with Crippen molar-refractivity contribution in [1.82, 2.24) is 0 Å². The molecule has 1 aliphatic rings. The molecule has 0 radical (unpaired) electrons. The van der Waals surface area contributed by atoms with Crippen LogP contribution in [-0.4, -0.2) is 8.07 Å². The summed E-state index contributed by atoms with van der Waals surface area (Å²) in [5.41, 5.74) is 2.31. The molecule has 0 N–H and O–H groups in total. The Kier molecular flexibility index (Phi) is 2.97. The Hall–Kier alpha value is -1.58. The Balaban J connectivity index is 3.33. The van der Waals surface area contributed by atoms with Crippen molar-refractivity contribution < 1.29 is 0 Å². The highest BCUT2D eigenvalue weighted by Crippen LogP contribution is 2.43. The van der Waals surface area contributed by atoms with Crippen LogP contribution in [0.25, 0.3) is 0 Å². The average Bonchev–Trinajstić information content (AvgIpc) is 2.54. The molecule has 0 heterocycles. The highest BCUT2D eigenvalue weighted by atomic mass is 28.3. The van der Waals surface area contributed by atoms with Crippen LogP contribution in [0.3, 0.4) is 0 Å². The normalized spacial score (nSPS) is 20.6. The van der Waals surface area contributed by atoms with E-state index in [9.17, 15) is 0 Å². The highest BCUT2D eigenvalue weighted by Gasteiger charge is 2.37. The Morgan fingerprint density at radius 1 is 1.33 bits per heavy atom. The smallest absolute Gasteiger partial charge is 0.100 e. The number of nitriles is 2. The molecule has 0 saturated carbocycles. The molecule has 0 aromatic carbocycles. The van der Waals surface area contributed by atoms with E-state index in [0.29, 0.717) is 11.1 Å². The molecule has 76 valence electrons. The van der Waals surface area contributed by atoms with Crippen molar-refractivity contribution in [2.45, 2.75) is 25.2 Å². The number of hydrogen-bond acceptors (Lipinski definition) is 2. The number of rotatable bonds is 2. The van der Waals surface area contributed by atoms with Gasteiger partial charge in [-0.1, -0.05) is 32.3 Å². The van der Waals surface area contributed by atoms with Gasteiger partial charge in [0.05, 0.1) is 25.3 Å². The quantitative estimate of drug-likeness (QED) is 0.663. The van der Waals surface area contributed by atoms with Crippen LogP contribution < -0.4 is 0 Å². The minimum atomic E-state index is -1.52. The molecule has 0 aromatic heterocycles. The van der Waals surface area contributed by atoms with Crippen LogP contribution in [-0.2, 0) is 0 Å². The maximum atomic E-state index is 9.11. The van der Waals surface area contributed by atoms with Crippen molar-refractivity contribution in [2.24, 2.45) is 0 Å². The summed E-state index contributed by atoms with van der Waals surface area (Å²) in [7, 11) is -1.52. The van der Waals surface area contributed by atoms with E-state index >= 15 is 0 Å². The molecular formula is C12H14N2Si.